The first-order chi connectivity index (χ1) is 10.2. The highest BCUT2D eigenvalue weighted by Gasteiger charge is 2.16. The summed E-state index contributed by atoms with van der Waals surface area (Å²) in [5.74, 6) is 0.310. The van der Waals surface area contributed by atoms with Gasteiger partial charge in [0.1, 0.15) is 0 Å². The van der Waals surface area contributed by atoms with Gasteiger partial charge in [-0.1, -0.05) is 29.4 Å². The molecule has 1 amide bonds. The Hall–Kier alpha value is -2.08. The van der Waals surface area contributed by atoms with Crippen LogP contribution < -0.4 is 11.1 Å². The Bertz CT molecular complexity index is 510. The Kier molecular flexibility index (Phi) is 5.57. The zero-order valence-corrected chi connectivity index (χ0v) is 12.1. The number of carbonyl (C=O) groups is 1. The lowest BCUT2D eigenvalue weighted by molar-refractivity contribution is -0.130. The Morgan fingerprint density at radius 3 is 2.76 bits per heavy atom. The molecule has 0 atom stereocenters. The zero-order valence-electron chi connectivity index (χ0n) is 12.1. The fourth-order valence-corrected chi connectivity index (χ4v) is 2.52. The lowest BCUT2D eigenvalue weighted by Crippen LogP contribution is -2.30. The van der Waals surface area contributed by atoms with E-state index in [1.54, 1.807) is 6.07 Å². The number of amides is 1. The molecule has 1 aromatic carbocycles. The largest absolute Gasteiger partial charge is 0.409 e. The van der Waals surface area contributed by atoms with E-state index >= 15 is 0 Å². The molecule has 1 fully saturated rings. The lowest BCUT2D eigenvalue weighted by atomic mass is 10.1. The molecule has 0 radical (unpaired) electrons. The van der Waals surface area contributed by atoms with Gasteiger partial charge in [0.25, 0.3) is 0 Å². The van der Waals surface area contributed by atoms with E-state index in [0.29, 0.717) is 25.1 Å². The normalized spacial score (nSPS) is 15.4. The number of nitrogens with zero attached hydrogens (tertiary/aromatic N) is 2. The molecule has 0 saturated carbocycles. The van der Waals surface area contributed by atoms with Crippen LogP contribution in [0.5, 0.6) is 0 Å². The molecule has 1 saturated heterocycles. The Balaban J connectivity index is 1.79. The predicted molar refractivity (Wildman–Crippen MR) is 81.1 cm³/mol. The number of likely N-dealkylation sites (tertiary alicyclic amines) is 1. The minimum absolute atomic E-state index is 0.0977. The molecule has 4 N–H and O–H groups in total. The molecule has 2 rings (SSSR count). The number of carbonyl (C=O) groups excluding carboxylic acids is 1. The zero-order chi connectivity index (χ0) is 15.1. The molecular formula is C15H22N4O2. The molecule has 0 unspecified atom stereocenters. The van der Waals surface area contributed by atoms with E-state index < -0.39 is 0 Å². The van der Waals surface area contributed by atoms with Crippen LogP contribution in [0.15, 0.2) is 29.4 Å². The van der Waals surface area contributed by atoms with Crippen LogP contribution in [0, 0.1) is 0 Å². The van der Waals surface area contributed by atoms with Crippen molar-refractivity contribution in [1.82, 2.24) is 10.2 Å². The molecule has 1 aromatic rings. The Labute approximate surface area is 124 Å². The molecule has 1 aliphatic heterocycles. The predicted octanol–water partition coefficient (Wildman–Crippen LogP) is 0.883. The molecule has 6 nitrogen and oxygen atoms in total. The van der Waals surface area contributed by atoms with Crippen molar-refractivity contribution < 1.29 is 10.0 Å². The number of oxime groups is 1. The first-order valence-electron chi connectivity index (χ1n) is 7.26. The number of amidine groups is 1. The van der Waals surface area contributed by atoms with Crippen molar-refractivity contribution in [3.05, 3.63) is 35.4 Å². The molecule has 1 heterocycles. The third kappa shape index (κ3) is 4.19. The second-order valence-corrected chi connectivity index (χ2v) is 5.16. The van der Waals surface area contributed by atoms with Gasteiger partial charge in [-0.15, -0.1) is 0 Å². The van der Waals surface area contributed by atoms with Crippen LogP contribution in [-0.4, -0.2) is 41.5 Å². The number of nitrogens with two attached hydrogens (primary N) is 1. The van der Waals surface area contributed by atoms with Crippen molar-refractivity contribution in [1.29, 1.82) is 0 Å². The van der Waals surface area contributed by atoms with Gasteiger partial charge in [-0.05, 0) is 18.4 Å². The van der Waals surface area contributed by atoms with E-state index in [4.69, 9.17) is 10.9 Å². The van der Waals surface area contributed by atoms with Crippen LogP contribution in [0.3, 0.4) is 0 Å². The summed E-state index contributed by atoms with van der Waals surface area (Å²) >= 11 is 0. The number of rotatable bonds is 6. The van der Waals surface area contributed by atoms with Gasteiger partial charge in [0.15, 0.2) is 5.84 Å². The van der Waals surface area contributed by atoms with Crippen molar-refractivity contribution in [3.8, 4) is 0 Å². The number of hydrogen-bond donors (Lipinski definition) is 3. The van der Waals surface area contributed by atoms with Crippen molar-refractivity contribution in [3.63, 3.8) is 0 Å². The average molecular weight is 290 g/mol. The van der Waals surface area contributed by atoms with E-state index in [-0.39, 0.29) is 11.7 Å². The third-order valence-electron chi connectivity index (χ3n) is 3.69. The molecular weight excluding hydrogens is 268 g/mol. The van der Waals surface area contributed by atoms with Gasteiger partial charge in [-0.25, -0.2) is 0 Å². The molecule has 6 heteroatoms. The number of hydrogen-bond acceptors (Lipinski definition) is 4. The van der Waals surface area contributed by atoms with Crippen LogP contribution in [0.25, 0.3) is 0 Å². The van der Waals surface area contributed by atoms with Crippen LogP contribution in [-0.2, 0) is 11.3 Å². The maximum absolute atomic E-state index is 11.9. The van der Waals surface area contributed by atoms with Gasteiger partial charge in [-0.2, -0.15) is 0 Å². The summed E-state index contributed by atoms with van der Waals surface area (Å²) in [4.78, 5) is 13.8. The van der Waals surface area contributed by atoms with Gasteiger partial charge in [0, 0.05) is 38.2 Å². The number of nitrogens with one attached hydrogen (secondary N) is 1. The van der Waals surface area contributed by atoms with Crippen LogP contribution in [0.4, 0.5) is 0 Å². The average Bonchev–Trinajstić information content (AvgIpc) is 3.05. The van der Waals surface area contributed by atoms with E-state index in [0.717, 1.165) is 31.5 Å². The molecule has 1 aliphatic rings. The summed E-state index contributed by atoms with van der Waals surface area (Å²) in [7, 11) is 0. The Morgan fingerprint density at radius 2 is 2.05 bits per heavy atom. The smallest absolute Gasteiger partial charge is 0.223 e. The van der Waals surface area contributed by atoms with Gasteiger partial charge in [0.05, 0.1) is 0 Å². The second kappa shape index (κ2) is 7.64. The summed E-state index contributed by atoms with van der Waals surface area (Å²) in [6, 6.07) is 7.47. The fourth-order valence-electron chi connectivity index (χ4n) is 2.52. The monoisotopic (exact) mass is 290 g/mol. The third-order valence-corrected chi connectivity index (χ3v) is 3.69. The summed E-state index contributed by atoms with van der Waals surface area (Å²) in [5, 5.41) is 15.0. The molecule has 0 spiro atoms. The van der Waals surface area contributed by atoms with Crippen molar-refractivity contribution in [2.24, 2.45) is 10.9 Å². The molecule has 21 heavy (non-hydrogen) atoms. The maximum Gasteiger partial charge on any atom is 0.223 e. The van der Waals surface area contributed by atoms with Crippen molar-refractivity contribution in [2.45, 2.75) is 25.8 Å². The topological polar surface area (TPSA) is 91.0 Å². The summed E-state index contributed by atoms with van der Waals surface area (Å²) < 4.78 is 0. The summed E-state index contributed by atoms with van der Waals surface area (Å²) in [5.41, 5.74) is 7.29. The van der Waals surface area contributed by atoms with E-state index in [9.17, 15) is 4.79 Å². The first-order valence-corrected chi connectivity index (χ1v) is 7.26. The minimum Gasteiger partial charge on any atom is -0.409 e. The maximum atomic E-state index is 11.9. The molecule has 114 valence electrons. The van der Waals surface area contributed by atoms with Gasteiger partial charge in [0.2, 0.25) is 5.91 Å². The van der Waals surface area contributed by atoms with Gasteiger partial charge >= 0.3 is 0 Å². The summed E-state index contributed by atoms with van der Waals surface area (Å²) in [6.45, 7) is 3.00. The van der Waals surface area contributed by atoms with Crippen LogP contribution in [0.1, 0.15) is 30.4 Å². The standard InChI is InChI=1S/C15H22N4O2/c16-15(18-21)13-6-2-1-5-12(13)11-17-8-7-14(20)19-9-3-4-10-19/h1-2,5-6,17,21H,3-4,7-11H2,(H2,16,18). The highest BCUT2D eigenvalue weighted by molar-refractivity contribution is 5.98. The lowest BCUT2D eigenvalue weighted by Gasteiger charge is -2.15. The van der Waals surface area contributed by atoms with Crippen molar-refractivity contribution in [2.75, 3.05) is 19.6 Å². The number of benzene rings is 1. The van der Waals surface area contributed by atoms with Gasteiger partial charge in [-0.3, -0.25) is 4.79 Å². The fraction of sp³-hybridized carbons (Fsp3) is 0.467. The highest BCUT2D eigenvalue weighted by atomic mass is 16.4. The second-order valence-electron chi connectivity index (χ2n) is 5.16. The van der Waals surface area contributed by atoms with E-state index in [1.165, 1.54) is 0 Å². The van der Waals surface area contributed by atoms with E-state index in [2.05, 4.69) is 10.5 Å². The highest BCUT2D eigenvalue weighted by Crippen LogP contribution is 2.10. The first kappa shape index (κ1) is 15.3. The Morgan fingerprint density at radius 1 is 1.33 bits per heavy atom. The SMILES string of the molecule is N/C(=N/O)c1ccccc1CNCCC(=O)N1CCCC1. The van der Waals surface area contributed by atoms with Crippen LogP contribution >= 0.6 is 0 Å². The van der Waals surface area contributed by atoms with Crippen molar-refractivity contribution >= 4 is 11.7 Å². The quantitative estimate of drug-likeness (QED) is 0.238. The van der Waals surface area contributed by atoms with E-state index in [1.807, 2.05) is 23.1 Å². The minimum atomic E-state index is 0.0977. The molecule has 0 aromatic heterocycles. The van der Waals surface area contributed by atoms with Crippen LogP contribution in [0.2, 0.25) is 0 Å². The molecule has 0 bridgehead atoms. The molecule has 0 aliphatic carbocycles. The summed E-state index contributed by atoms with van der Waals surface area (Å²) in [6.07, 6.45) is 2.74. The van der Waals surface area contributed by atoms with Gasteiger partial charge < -0.3 is 21.2 Å².